The van der Waals surface area contributed by atoms with Crippen LogP contribution in [0.1, 0.15) is 211 Å². The van der Waals surface area contributed by atoms with Crippen LogP contribution in [0.5, 0.6) is 0 Å². The molecule has 2 aliphatic rings. The first-order valence-electron chi connectivity index (χ1n) is 30.2. The first-order chi connectivity index (χ1) is 37.5. The number of hydrogen-bond donors (Lipinski definition) is 0. The maximum atomic E-state index is 4.51. The minimum Gasteiger partial charge on any atom is -0.0578 e. The average Bonchev–Trinajstić information content (AvgIpc) is 0.953. The summed E-state index contributed by atoms with van der Waals surface area (Å²) in [5, 5.41) is 0. The minimum atomic E-state index is -0.212. The van der Waals surface area contributed by atoms with Crippen LogP contribution in [-0.2, 0) is 43.3 Å². The van der Waals surface area contributed by atoms with E-state index in [0.717, 1.165) is 8.95 Å². The third-order valence-corrected chi connectivity index (χ3v) is 19.2. The summed E-state index contributed by atoms with van der Waals surface area (Å²) >= 11 is 9.01. The van der Waals surface area contributed by atoms with Crippen LogP contribution in [-0.4, -0.2) is 0 Å². The SMILES string of the molecule is CC(C)(C)c1ccc2c(c1)-c1cc(C(C)(C)C)cc(Br)c1-c1c(cc(C(C)(C)C)cc1-c1cc(C(C)(C)C)cc3c1-c1c(Br)cc(C(C)(C)C)cc1-c1cc(C(C)(C)C)ccc1-c1ccc(C(C)(C)C)cc1-3)-c1cc(C(C)(C)C)ccc1-2. The van der Waals surface area contributed by atoms with E-state index in [0.29, 0.717) is 0 Å². The Morgan fingerprint density at radius 3 is 0.524 bits per heavy atom. The molecule has 2 aliphatic carbocycles. The molecule has 0 fully saturated rings. The molecule has 0 heterocycles. The first kappa shape index (κ1) is 59.9. The van der Waals surface area contributed by atoms with E-state index in [9.17, 15) is 0 Å². The second-order valence-electron chi connectivity index (χ2n) is 32.7. The van der Waals surface area contributed by atoms with E-state index < -0.39 is 0 Å². The van der Waals surface area contributed by atoms with Gasteiger partial charge in [0.1, 0.15) is 0 Å². The Morgan fingerprint density at radius 2 is 0.329 bits per heavy atom. The van der Waals surface area contributed by atoms with Crippen molar-refractivity contribution in [2.24, 2.45) is 0 Å². The molecule has 0 amide bonds. The molecule has 2 heteroatoms. The number of rotatable bonds is 1. The van der Waals surface area contributed by atoms with Crippen molar-refractivity contribution in [3.8, 4) is 100 Å². The fraction of sp³-hybridized carbons (Fsp3) is 0.400. The van der Waals surface area contributed by atoms with Crippen molar-refractivity contribution in [2.45, 2.75) is 209 Å². The van der Waals surface area contributed by atoms with Crippen molar-refractivity contribution in [1.82, 2.24) is 0 Å². The molecular weight excluding hydrogens is 1120 g/mol. The van der Waals surface area contributed by atoms with Crippen LogP contribution in [0.15, 0.2) is 130 Å². The lowest BCUT2D eigenvalue weighted by atomic mass is 9.70. The molecule has 0 radical (unpaired) electrons. The van der Waals surface area contributed by atoms with Crippen molar-refractivity contribution < 1.29 is 0 Å². The maximum absolute atomic E-state index is 4.51. The van der Waals surface area contributed by atoms with Crippen molar-refractivity contribution in [3.05, 3.63) is 175 Å². The van der Waals surface area contributed by atoms with E-state index in [1.54, 1.807) is 0 Å². The summed E-state index contributed by atoms with van der Waals surface area (Å²) in [6.07, 6.45) is 0. The zero-order chi connectivity index (χ0) is 60.3. The molecule has 10 rings (SSSR count). The van der Waals surface area contributed by atoms with Gasteiger partial charge in [0, 0.05) is 20.1 Å². The summed E-state index contributed by atoms with van der Waals surface area (Å²) in [7, 11) is 0. The van der Waals surface area contributed by atoms with Gasteiger partial charge in [-0.25, -0.2) is 0 Å². The van der Waals surface area contributed by atoms with Crippen LogP contribution in [0.2, 0.25) is 0 Å². The predicted octanol–water partition coefficient (Wildman–Crippen LogP) is 25.2. The third kappa shape index (κ3) is 10.7. The molecule has 0 spiro atoms. The molecular formula is C80H92Br2. The Bertz CT molecular complexity index is 3660. The zero-order valence-electron chi connectivity index (χ0n) is 54.3. The molecule has 0 nitrogen and oxygen atoms in total. The Labute approximate surface area is 512 Å². The molecule has 0 N–H and O–H groups in total. The van der Waals surface area contributed by atoms with E-state index in [2.05, 4.69) is 319 Å². The lowest BCUT2D eigenvalue weighted by Crippen LogP contribution is -2.16. The third-order valence-electron chi connectivity index (χ3n) is 18.0. The number of halogens is 2. The molecule has 0 saturated carbocycles. The summed E-state index contributed by atoms with van der Waals surface area (Å²) < 4.78 is 2.22. The van der Waals surface area contributed by atoms with Gasteiger partial charge in [-0.1, -0.05) is 247 Å². The molecule has 0 bridgehead atoms. The topological polar surface area (TPSA) is 0 Å². The molecule has 82 heavy (non-hydrogen) atoms. The maximum Gasteiger partial charge on any atom is 0.0263 e. The van der Waals surface area contributed by atoms with E-state index in [1.165, 1.54) is 145 Å². The number of benzene rings is 8. The van der Waals surface area contributed by atoms with Crippen molar-refractivity contribution in [3.63, 3.8) is 0 Å². The largest absolute Gasteiger partial charge is 0.0578 e. The quantitative estimate of drug-likeness (QED) is 0.154. The molecule has 8 aromatic rings. The lowest BCUT2D eigenvalue weighted by molar-refractivity contribution is 0.588. The Hall–Kier alpha value is -5.28. The fourth-order valence-electron chi connectivity index (χ4n) is 12.4. The van der Waals surface area contributed by atoms with Gasteiger partial charge >= 0.3 is 0 Å². The van der Waals surface area contributed by atoms with E-state index >= 15 is 0 Å². The van der Waals surface area contributed by atoms with Crippen molar-refractivity contribution in [2.75, 3.05) is 0 Å². The summed E-state index contributed by atoms with van der Waals surface area (Å²) in [4.78, 5) is 0. The first-order valence-corrected chi connectivity index (χ1v) is 31.8. The predicted molar refractivity (Wildman–Crippen MR) is 367 cm³/mol. The zero-order valence-corrected chi connectivity index (χ0v) is 57.5. The lowest BCUT2D eigenvalue weighted by Gasteiger charge is -2.34. The van der Waals surface area contributed by atoms with Gasteiger partial charge in [-0.05, 0) is 250 Å². The van der Waals surface area contributed by atoms with E-state index in [1.807, 2.05) is 0 Å². The van der Waals surface area contributed by atoms with Crippen LogP contribution < -0.4 is 0 Å². The van der Waals surface area contributed by atoms with Gasteiger partial charge in [0.05, 0.1) is 0 Å². The van der Waals surface area contributed by atoms with Crippen molar-refractivity contribution in [1.29, 1.82) is 0 Å². The van der Waals surface area contributed by atoms with E-state index in [-0.39, 0.29) is 43.3 Å². The number of hydrogen-bond acceptors (Lipinski definition) is 0. The standard InChI is InChI=1S/C80H92Br2/c1-73(2,3)45-25-29-53-55-31-27-47(75(7,8)9)35-59(55)63-41-51(79(19,20)21)43-67(81)71(63)69-61(57(53)33-45)37-49(77(13,14)15)39-65(69)66-40-50(78(16,17)18)38-62-58-34-46(74(4,5)6)26-30-54(58)56-32-28-48(76(10,11)12)36-60(56)64-42-52(80(22,23)24)44-68(82)72(64)70(62)66/h25-44H,1-24H3. The normalized spacial score (nSPS) is 13.7. The van der Waals surface area contributed by atoms with E-state index in [4.69, 9.17) is 0 Å². The summed E-state index contributed by atoms with van der Waals surface area (Å²) in [5.41, 5.74) is 32.1. The average molecular weight is 1210 g/mol. The van der Waals surface area contributed by atoms with Crippen LogP contribution in [0.3, 0.4) is 0 Å². The second kappa shape index (κ2) is 19.6. The van der Waals surface area contributed by atoms with Gasteiger partial charge in [-0.15, -0.1) is 0 Å². The molecule has 0 aromatic heterocycles. The number of fused-ring (bicyclic) bond motifs is 16. The minimum absolute atomic E-state index is 0.0766. The highest BCUT2D eigenvalue weighted by molar-refractivity contribution is 9.11. The van der Waals surface area contributed by atoms with Crippen LogP contribution in [0.4, 0.5) is 0 Å². The molecule has 0 aliphatic heterocycles. The highest BCUT2D eigenvalue weighted by atomic mass is 79.9. The molecule has 426 valence electrons. The molecule has 0 atom stereocenters. The highest BCUT2D eigenvalue weighted by Crippen LogP contribution is 2.60. The van der Waals surface area contributed by atoms with Gasteiger partial charge in [-0.2, -0.15) is 0 Å². The summed E-state index contributed by atoms with van der Waals surface area (Å²) in [6, 6.07) is 49.9. The highest BCUT2D eigenvalue weighted by Gasteiger charge is 2.37. The van der Waals surface area contributed by atoms with Crippen molar-refractivity contribution >= 4 is 31.9 Å². The monoisotopic (exact) mass is 1210 g/mol. The van der Waals surface area contributed by atoms with Crippen LogP contribution in [0, 0.1) is 0 Å². The molecule has 0 saturated heterocycles. The summed E-state index contributed by atoms with van der Waals surface area (Å²) in [6.45, 7) is 56.9. The summed E-state index contributed by atoms with van der Waals surface area (Å²) in [5.74, 6) is 0. The molecule has 8 aromatic carbocycles. The molecule has 0 unspecified atom stereocenters. The van der Waals surface area contributed by atoms with Gasteiger partial charge in [0.15, 0.2) is 0 Å². The van der Waals surface area contributed by atoms with Gasteiger partial charge in [0.2, 0.25) is 0 Å². The van der Waals surface area contributed by atoms with Gasteiger partial charge in [-0.3, -0.25) is 0 Å². The van der Waals surface area contributed by atoms with Gasteiger partial charge in [0.25, 0.3) is 0 Å². The Morgan fingerprint density at radius 1 is 0.171 bits per heavy atom. The van der Waals surface area contributed by atoms with Crippen LogP contribution >= 0.6 is 31.9 Å². The smallest absolute Gasteiger partial charge is 0.0263 e. The Balaban J connectivity index is 1.54. The van der Waals surface area contributed by atoms with Crippen LogP contribution in [0.25, 0.3) is 100 Å². The fourth-order valence-corrected chi connectivity index (χ4v) is 13.7. The second-order valence-corrected chi connectivity index (χ2v) is 34.4. The Kier molecular flexibility index (Phi) is 14.3. The van der Waals surface area contributed by atoms with Gasteiger partial charge < -0.3 is 0 Å².